The predicted molar refractivity (Wildman–Crippen MR) is 85.1 cm³/mol. The van der Waals surface area contributed by atoms with Crippen LogP contribution in [0, 0.1) is 5.13 Å². The SMILES string of the molecule is CCOc1cc2ncc(-c3csc(F)c3)nc2cc1OCC. The first kappa shape index (κ1) is 14.7. The summed E-state index contributed by atoms with van der Waals surface area (Å²) in [5.74, 6) is 1.29. The second kappa shape index (κ2) is 6.27. The van der Waals surface area contributed by atoms with Crippen LogP contribution in [0.15, 0.2) is 29.8 Å². The lowest BCUT2D eigenvalue weighted by Gasteiger charge is -2.11. The first-order chi connectivity index (χ1) is 10.7. The zero-order chi connectivity index (χ0) is 15.5. The maximum absolute atomic E-state index is 13.2. The van der Waals surface area contributed by atoms with Gasteiger partial charge in [-0.05, 0) is 19.9 Å². The van der Waals surface area contributed by atoms with Crippen molar-refractivity contribution in [3.05, 3.63) is 34.9 Å². The van der Waals surface area contributed by atoms with Crippen LogP contribution in [-0.2, 0) is 0 Å². The molecule has 22 heavy (non-hydrogen) atoms. The molecule has 0 amide bonds. The largest absolute Gasteiger partial charge is 0.490 e. The molecule has 0 fully saturated rings. The van der Waals surface area contributed by atoms with E-state index >= 15 is 0 Å². The molecule has 4 nitrogen and oxygen atoms in total. The fourth-order valence-electron chi connectivity index (χ4n) is 2.14. The number of hydrogen-bond acceptors (Lipinski definition) is 5. The summed E-state index contributed by atoms with van der Waals surface area (Å²) in [5, 5.41) is 1.49. The van der Waals surface area contributed by atoms with Gasteiger partial charge in [-0.1, -0.05) is 0 Å². The Bertz CT molecular complexity index is 804. The van der Waals surface area contributed by atoms with Crippen LogP contribution >= 0.6 is 11.3 Å². The summed E-state index contributed by atoms with van der Waals surface area (Å²) in [6.07, 6.45) is 1.64. The number of ether oxygens (including phenoxy) is 2. The third-order valence-electron chi connectivity index (χ3n) is 3.07. The maximum atomic E-state index is 13.2. The van der Waals surface area contributed by atoms with Crippen LogP contribution in [0.25, 0.3) is 22.3 Å². The molecule has 0 N–H and O–H groups in total. The zero-order valence-corrected chi connectivity index (χ0v) is 13.1. The molecular formula is C16H15FN2O2S. The van der Waals surface area contributed by atoms with Gasteiger partial charge in [0.15, 0.2) is 16.6 Å². The molecule has 0 aliphatic rings. The summed E-state index contributed by atoms with van der Waals surface area (Å²) >= 11 is 1.05. The van der Waals surface area contributed by atoms with Gasteiger partial charge in [0.05, 0.1) is 36.1 Å². The quantitative estimate of drug-likeness (QED) is 0.704. The van der Waals surface area contributed by atoms with Gasteiger partial charge < -0.3 is 9.47 Å². The van der Waals surface area contributed by atoms with Gasteiger partial charge in [0.25, 0.3) is 0 Å². The first-order valence-corrected chi connectivity index (χ1v) is 7.90. The fourth-order valence-corrected chi connectivity index (χ4v) is 2.76. The third-order valence-corrected chi connectivity index (χ3v) is 3.79. The molecular weight excluding hydrogens is 303 g/mol. The van der Waals surface area contributed by atoms with E-state index in [1.807, 2.05) is 26.0 Å². The minimum atomic E-state index is -0.237. The van der Waals surface area contributed by atoms with Crippen LogP contribution in [-0.4, -0.2) is 23.2 Å². The van der Waals surface area contributed by atoms with Gasteiger partial charge in [-0.2, -0.15) is 4.39 Å². The Balaban J connectivity index is 2.09. The van der Waals surface area contributed by atoms with E-state index in [1.54, 1.807) is 11.6 Å². The Kier molecular flexibility index (Phi) is 4.20. The average Bonchev–Trinajstić information content (AvgIpc) is 2.94. The van der Waals surface area contributed by atoms with E-state index in [-0.39, 0.29) is 5.13 Å². The second-order valence-electron chi connectivity index (χ2n) is 4.55. The molecule has 1 aromatic carbocycles. The van der Waals surface area contributed by atoms with Crippen molar-refractivity contribution < 1.29 is 13.9 Å². The van der Waals surface area contributed by atoms with Gasteiger partial charge >= 0.3 is 0 Å². The standard InChI is InChI=1S/C16H15FN2O2S/c1-3-20-14-6-11-12(7-15(14)21-4-2)19-13(8-18-11)10-5-16(17)22-9-10/h5-9H,3-4H2,1-2H3. The highest BCUT2D eigenvalue weighted by Crippen LogP contribution is 2.32. The number of thiophene rings is 1. The maximum Gasteiger partial charge on any atom is 0.177 e. The lowest BCUT2D eigenvalue weighted by molar-refractivity contribution is 0.288. The van der Waals surface area contributed by atoms with Crippen LogP contribution in [0.5, 0.6) is 11.5 Å². The first-order valence-electron chi connectivity index (χ1n) is 7.02. The van der Waals surface area contributed by atoms with Crippen molar-refractivity contribution in [2.75, 3.05) is 13.2 Å². The lowest BCUT2D eigenvalue weighted by Crippen LogP contribution is -1.99. The molecule has 2 heterocycles. The minimum absolute atomic E-state index is 0.237. The van der Waals surface area contributed by atoms with Crippen LogP contribution in [0.1, 0.15) is 13.8 Å². The monoisotopic (exact) mass is 318 g/mol. The van der Waals surface area contributed by atoms with Crippen molar-refractivity contribution in [1.82, 2.24) is 9.97 Å². The number of aromatic nitrogens is 2. The molecule has 0 bridgehead atoms. The number of nitrogens with zero attached hydrogens (tertiary/aromatic N) is 2. The smallest absolute Gasteiger partial charge is 0.177 e. The van der Waals surface area contributed by atoms with Crippen molar-refractivity contribution in [3.63, 3.8) is 0 Å². The van der Waals surface area contributed by atoms with Gasteiger partial charge in [0, 0.05) is 23.1 Å². The fraction of sp³-hybridized carbons (Fsp3) is 0.250. The molecule has 0 aliphatic carbocycles. The second-order valence-corrected chi connectivity index (χ2v) is 5.41. The van der Waals surface area contributed by atoms with Crippen molar-refractivity contribution in [1.29, 1.82) is 0 Å². The summed E-state index contributed by atoms with van der Waals surface area (Å²) in [4.78, 5) is 8.94. The van der Waals surface area contributed by atoms with E-state index in [0.717, 1.165) is 16.9 Å². The molecule has 3 aromatic rings. The number of fused-ring (bicyclic) bond motifs is 1. The average molecular weight is 318 g/mol. The van der Waals surface area contributed by atoms with E-state index in [1.165, 1.54) is 6.07 Å². The number of benzene rings is 1. The van der Waals surface area contributed by atoms with Crippen LogP contribution < -0.4 is 9.47 Å². The molecule has 114 valence electrons. The van der Waals surface area contributed by atoms with E-state index in [4.69, 9.17) is 9.47 Å². The van der Waals surface area contributed by atoms with Crippen LogP contribution in [0.2, 0.25) is 0 Å². The Hall–Kier alpha value is -2.21. The predicted octanol–water partition coefficient (Wildman–Crippen LogP) is 4.29. The molecule has 6 heteroatoms. The van der Waals surface area contributed by atoms with Gasteiger partial charge in [-0.25, -0.2) is 4.98 Å². The highest BCUT2D eigenvalue weighted by molar-refractivity contribution is 7.08. The Morgan fingerprint density at radius 3 is 2.32 bits per heavy atom. The minimum Gasteiger partial charge on any atom is -0.490 e. The zero-order valence-electron chi connectivity index (χ0n) is 12.3. The highest BCUT2D eigenvalue weighted by Gasteiger charge is 2.11. The molecule has 0 saturated heterocycles. The molecule has 0 atom stereocenters. The molecule has 0 radical (unpaired) electrons. The third kappa shape index (κ3) is 2.87. The Morgan fingerprint density at radius 2 is 1.73 bits per heavy atom. The van der Waals surface area contributed by atoms with Crippen LogP contribution in [0.4, 0.5) is 4.39 Å². The van der Waals surface area contributed by atoms with Gasteiger partial charge in [-0.3, -0.25) is 4.98 Å². The highest BCUT2D eigenvalue weighted by atomic mass is 32.1. The van der Waals surface area contributed by atoms with Gasteiger partial charge in [0.1, 0.15) is 0 Å². The molecule has 0 spiro atoms. The summed E-state index contributed by atoms with van der Waals surface area (Å²) in [6, 6.07) is 5.08. The van der Waals surface area contributed by atoms with Gasteiger partial charge in [-0.15, -0.1) is 11.3 Å². The molecule has 0 saturated carbocycles. The van der Waals surface area contributed by atoms with Crippen molar-refractivity contribution >= 4 is 22.4 Å². The number of halogens is 1. The van der Waals surface area contributed by atoms with Crippen molar-refractivity contribution in [3.8, 4) is 22.8 Å². The summed E-state index contributed by atoms with van der Waals surface area (Å²) in [7, 11) is 0. The Morgan fingerprint density at radius 1 is 1.05 bits per heavy atom. The van der Waals surface area contributed by atoms with E-state index in [9.17, 15) is 4.39 Å². The van der Waals surface area contributed by atoms with E-state index < -0.39 is 0 Å². The van der Waals surface area contributed by atoms with Gasteiger partial charge in [0.2, 0.25) is 0 Å². The summed E-state index contributed by atoms with van der Waals surface area (Å²) in [6.45, 7) is 4.91. The van der Waals surface area contributed by atoms with Crippen LogP contribution in [0.3, 0.4) is 0 Å². The van der Waals surface area contributed by atoms with E-state index in [0.29, 0.717) is 41.4 Å². The van der Waals surface area contributed by atoms with Crippen molar-refractivity contribution in [2.45, 2.75) is 13.8 Å². The lowest BCUT2D eigenvalue weighted by atomic mass is 10.2. The molecule has 0 aliphatic heterocycles. The Labute approximate surface area is 131 Å². The summed E-state index contributed by atoms with van der Waals surface area (Å²) in [5.41, 5.74) is 2.77. The molecule has 0 unspecified atom stereocenters. The number of rotatable bonds is 5. The van der Waals surface area contributed by atoms with Crippen molar-refractivity contribution in [2.24, 2.45) is 0 Å². The topological polar surface area (TPSA) is 44.2 Å². The molecule has 3 rings (SSSR count). The summed E-state index contributed by atoms with van der Waals surface area (Å²) < 4.78 is 24.3. The number of hydrogen-bond donors (Lipinski definition) is 0. The van der Waals surface area contributed by atoms with E-state index in [2.05, 4.69) is 9.97 Å². The normalized spacial score (nSPS) is 10.9. The molecule has 2 aromatic heterocycles.